The fourth-order valence-electron chi connectivity index (χ4n) is 1.78. The maximum atomic E-state index is 12.0. The first-order chi connectivity index (χ1) is 10.9. The number of carbonyl (C=O) groups excluding carboxylic acids is 2. The normalized spacial score (nSPS) is 10.4. The largest absolute Gasteiger partial charge is 0.462 e. The van der Waals surface area contributed by atoms with Crippen molar-refractivity contribution < 1.29 is 14.3 Å². The van der Waals surface area contributed by atoms with Crippen LogP contribution in [0.1, 0.15) is 22.3 Å². The zero-order chi connectivity index (χ0) is 17.0. The van der Waals surface area contributed by atoms with Crippen LogP contribution in [0.2, 0.25) is 0 Å². The number of halogens is 1. The number of nitrogens with one attached hydrogen (secondary N) is 1. The molecule has 2 aromatic heterocycles. The minimum Gasteiger partial charge on any atom is -0.462 e. The molecule has 0 unspecified atom stereocenters. The lowest BCUT2D eigenvalue weighted by Gasteiger charge is -2.05. The molecular formula is C14H14BrN3O4S. The number of thiazole rings is 1. The van der Waals surface area contributed by atoms with Crippen LogP contribution in [0.15, 0.2) is 27.6 Å². The summed E-state index contributed by atoms with van der Waals surface area (Å²) in [6.45, 7) is 3.50. The molecule has 9 heteroatoms. The fourth-order valence-corrected chi connectivity index (χ4v) is 3.03. The van der Waals surface area contributed by atoms with Gasteiger partial charge in [0.2, 0.25) is 5.91 Å². The first-order valence-electron chi connectivity index (χ1n) is 6.71. The summed E-state index contributed by atoms with van der Waals surface area (Å²) in [7, 11) is 0. The third-order valence-electron chi connectivity index (χ3n) is 2.77. The second kappa shape index (κ2) is 7.51. The highest BCUT2D eigenvalue weighted by Gasteiger charge is 2.17. The molecule has 2 rings (SSSR count). The van der Waals surface area contributed by atoms with Gasteiger partial charge in [-0.15, -0.1) is 0 Å². The van der Waals surface area contributed by atoms with Crippen molar-refractivity contribution in [2.75, 3.05) is 11.9 Å². The summed E-state index contributed by atoms with van der Waals surface area (Å²) in [5.74, 6) is -0.874. The van der Waals surface area contributed by atoms with Gasteiger partial charge < -0.3 is 14.6 Å². The van der Waals surface area contributed by atoms with E-state index in [0.29, 0.717) is 20.2 Å². The summed E-state index contributed by atoms with van der Waals surface area (Å²) in [6, 6.07) is 2.97. The topological polar surface area (TPSA) is 90.3 Å². The van der Waals surface area contributed by atoms with Crippen LogP contribution >= 0.6 is 27.3 Å². The predicted molar refractivity (Wildman–Crippen MR) is 89.8 cm³/mol. The Hall–Kier alpha value is -2.00. The van der Waals surface area contributed by atoms with Crippen molar-refractivity contribution in [2.24, 2.45) is 0 Å². The van der Waals surface area contributed by atoms with Gasteiger partial charge in [-0.05, 0) is 35.8 Å². The Balaban J connectivity index is 2.09. The molecule has 0 fully saturated rings. The minimum atomic E-state index is -0.466. The summed E-state index contributed by atoms with van der Waals surface area (Å²) >= 11 is 4.28. The standard InChI is InChI=1S/C14H14BrN3O4S/c1-3-22-13(21)12-8(2)16-14(23-12)17-10(19)7-18-6-9(15)4-5-11(18)20/h4-6H,3,7H2,1-2H3,(H,16,17,19). The molecule has 2 heterocycles. The van der Waals surface area contributed by atoms with Crippen LogP contribution in [-0.2, 0) is 16.1 Å². The lowest BCUT2D eigenvalue weighted by molar-refractivity contribution is -0.116. The van der Waals surface area contributed by atoms with E-state index in [4.69, 9.17) is 4.74 Å². The van der Waals surface area contributed by atoms with E-state index in [9.17, 15) is 14.4 Å². The molecule has 0 bridgehead atoms. The first kappa shape index (κ1) is 17.4. The van der Waals surface area contributed by atoms with Crippen molar-refractivity contribution in [1.29, 1.82) is 0 Å². The third kappa shape index (κ3) is 4.49. The molecule has 0 saturated carbocycles. The maximum absolute atomic E-state index is 12.0. The number of hydrogen-bond donors (Lipinski definition) is 1. The van der Waals surface area contributed by atoms with Gasteiger partial charge in [0, 0.05) is 16.7 Å². The number of hydrogen-bond acceptors (Lipinski definition) is 6. The van der Waals surface area contributed by atoms with Gasteiger partial charge in [-0.3, -0.25) is 9.59 Å². The third-order valence-corrected chi connectivity index (χ3v) is 4.29. The average Bonchev–Trinajstić information content (AvgIpc) is 2.83. The minimum absolute atomic E-state index is 0.147. The molecule has 0 radical (unpaired) electrons. The first-order valence-corrected chi connectivity index (χ1v) is 8.32. The van der Waals surface area contributed by atoms with Crippen molar-refractivity contribution in [3.8, 4) is 0 Å². The number of nitrogens with zero attached hydrogens (tertiary/aromatic N) is 2. The van der Waals surface area contributed by atoms with Gasteiger partial charge in [0.15, 0.2) is 5.13 Å². The van der Waals surface area contributed by atoms with Crippen LogP contribution in [0.25, 0.3) is 0 Å². The number of aryl methyl sites for hydroxylation is 1. The summed E-state index contributed by atoms with van der Waals surface area (Å²) in [5.41, 5.74) is 0.203. The van der Waals surface area contributed by atoms with Crippen LogP contribution in [0.5, 0.6) is 0 Å². The fraction of sp³-hybridized carbons (Fsp3) is 0.286. The van der Waals surface area contributed by atoms with E-state index in [0.717, 1.165) is 11.3 Å². The van der Waals surface area contributed by atoms with Gasteiger partial charge in [-0.2, -0.15) is 0 Å². The number of amides is 1. The van der Waals surface area contributed by atoms with Gasteiger partial charge in [-0.25, -0.2) is 9.78 Å². The number of rotatable bonds is 5. The summed E-state index contributed by atoms with van der Waals surface area (Å²) < 4.78 is 6.88. The molecule has 0 saturated heterocycles. The van der Waals surface area contributed by atoms with Crippen LogP contribution < -0.4 is 10.9 Å². The molecule has 23 heavy (non-hydrogen) atoms. The second-order valence-electron chi connectivity index (χ2n) is 4.52. The zero-order valence-electron chi connectivity index (χ0n) is 12.5. The van der Waals surface area contributed by atoms with E-state index < -0.39 is 11.9 Å². The second-order valence-corrected chi connectivity index (χ2v) is 6.43. The molecule has 122 valence electrons. The maximum Gasteiger partial charge on any atom is 0.350 e. The number of aromatic nitrogens is 2. The molecule has 0 aromatic carbocycles. The molecule has 0 aliphatic rings. The van der Waals surface area contributed by atoms with Crippen molar-refractivity contribution in [1.82, 2.24) is 9.55 Å². The molecule has 2 aromatic rings. The highest BCUT2D eigenvalue weighted by atomic mass is 79.9. The summed E-state index contributed by atoms with van der Waals surface area (Å²) in [5, 5.41) is 2.87. The Kier molecular flexibility index (Phi) is 5.67. The smallest absolute Gasteiger partial charge is 0.350 e. The number of ether oxygens (including phenoxy) is 1. The Morgan fingerprint density at radius 3 is 2.87 bits per heavy atom. The van der Waals surface area contributed by atoms with Crippen LogP contribution in [0.4, 0.5) is 5.13 Å². The van der Waals surface area contributed by atoms with Gasteiger partial charge in [0.25, 0.3) is 5.56 Å². The molecule has 1 N–H and O–H groups in total. The van der Waals surface area contributed by atoms with Gasteiger partial charge >= 0.3 is 5.97 Å². The molecule has 0 aliphatic carbocycles. The van der Waals surface area contributed by atoms with Gasteiger partial charge in [0.1, 0.15) is 11.4 Å². The number of pyridine rings is 1. The lowest BCUT2D eigenvalue weighted by atomic mass is 10.4. The molecule has 0 aliphatic heterocycles. The Morgan fingerprint density at radius 1 is 1.43 bits per heavy atom. The monoisotopic (exact) mass is 399 g/mol. The Morgan fingerprint density at radius 2 is 2.17 bits per heavy atom. The highest BCUT2D eigenvalue weighted by Crippen LogP contribution is 2.23. The number of esters is 1. The average molecular weight is 400 g/mol. The predicted octanol–water partition coefficient (Wildman–Crippen LogP) is 2.19. The summed E-state index contributed by atoms with van der Waals surface area (Å²) in [4.78, 5) is 39.9. The lowest BCUT2D eigenvalue weighted by Crippen LogP contribution is -2.26. The summed E-state index contributed by atoms with van der Waals surface area (Å²) in [6.07, 6.45) is 1.53. The Labute approximate surface area is 144 Å². The van der Waals surface area contributed by atoms with Crippen molar-refractivity contribution >= 4 is 44.3 Å². The quantitative estimate of drug-likeness (QED) is 0.778. The number of anilines is 1. The molecule has 1 amide bonds. The van der Waals surface area contributed by atoms with Gasteiger partial charge in [0.05, 0.1) is 12.3 Å². The highest BCUT2D eigenvalue weighted by molar-refractivity contribution is 9.10. The van der Waals surface area contributed by atoms with E-state index in [1.165, 1.54) is 16.8 Å². The van der Waals surface area contributed by atoms with E-state index in [1.54, 1.807) is 19.9 Å². The van der Waals surface area contributed by atoms with Crippen LogP contribution in [0, 0.1) is 6.92 Å². The van der Waals surface area contributed by atoms with Crippen molar-refractivity contribution in [3.63, 3.8) is 0 Å². The van der Waals surface area contributed by atoms with Gasteiger partial charge in [-0.1, -0.05) is 11.3 Å². The molecule has 0 spiro atoms. The van der Waals surface area contributed by atoms with E-state index in [2.05, 4.69) is 26.2 Å². The number of carbonyl (C=O) groups is 2. The van der Waals surface area contributed by atoms with Crippen LogP contribution in [-0.4, -0.2) is 28.0 Å². The Bertz CT molecular complexity index is 800. The molecule has 7 nitrogen and oxygen atoms in total. The molecule has 0 atom stereocenters. The SMILES string of the molecule is CCOC(=O)c1sc(NC(=O)Cn2cc(Br)ccc2=O)nc1C. The van der Waals surface area contributed by atoms with E-state index in [-0.39, 0.29) is 18.7 Å². The molecular weight excluding hydrogens is 386 g/mol. The van der Waals surface area contributed by atoms with Crippen LogP contribution in [0.3, 0.4) is 0 Å². The van der Waals surface area contributed by atoms with Crippen molar-refractivity contribution in [3.05, 3.63) is 43.7 Å². The van der Waals surface area contributed by atoms with Crippen molar-refractivity contribution in [2.45, 2.75) is 20.4 Å². The van der Waals surface area contributed by atoms with E-state index in [1.807, 2.05) is 0 Å². The zero-order valence-corrected chi connectivity index (χ0v) is 14.9. The van der Waals surface area contributed by atoms with E-state index >= 15 is 0 Å².